The second kappa shape index (κ2) is 7.87. The van der Waals surface area contributed by atoms with Crippen molar-refractivity contribution in [3.8, 4) is 5.69 Å². The van der Waals surface area contributed by atoms with Crippen LogP contribution in [0.25, 0.3) is 5.69 Å². The zero-order valence-electron chi connectivity index (χ0n) is 15.8. The Morgan fingerprint density at radius 2 is 1.79 bits per heavy atom. The number of nitrogen functional groups attached to an aromatic ring is 1. The molecule has 0 saturated carbocycles. The predicted octanol–water partition coefficient (Wildman–Crippen LogP) is 3.33. The van der Waals surface area contributed by atoms with Crippen LogP contribution in [0.15, 0.2) is 60.8 Å². The Labute approximate surface area is 167 Å². The lowest BCUT2D eigenvalue weighted by Crippen LogP contribution is -2.42. The van der Waals surface area contributed by atoms with Crippen molar-refractivity contribution in [1.82, 2.24) is 14.7 Å². The van der Waals surface area contributed by atoms with Gasteiger partial charge in [-0.1, -0.05) is 18.2 Å². The Morgan fingerprint density at radius 1 is 1.07 bits per heavy atom. The van der Waals surface area contributed by atoms with Gasteiger partial charge in [-0.15, -0.1) is 0 Å². The number of hydrogen-bond donors (Lipinski definition) is 1. The molecule has 148 valence electrons. The number of rotatable bonds is 4. The van der Waals surface area contributed by atoms with E-state index in [-0.39, 0.29) is 29.2 Å². The van der Waals surface area contributed by atoms with Crippen LogP contribution >= 0.6 is 0 Å². The first-order valence-corrected chi connectivity index (χ1v) is 9.52. The molecule has 0 spiro atoms. The fourth-order valence-electron chi connectivity index (χ4n) is 3.69. The molecule has 1 amide bonds. The molecule has 2 heterocycles. The van der Waals surface area contributed by atoms with Gasteiger partial charge < -0.3 is 10.6 Å². The number of hydrogen-bond acceptors (Lipinski definition) is 4. The van der Waals surface area contributed by atoms with Crippen molar-refractivity contribution in [3.05, 3.63) is 77.7 Å². The topological polar surface area (TPSA) is 81.2 Å². The molecule has 0 bridgehead atoms. The molecule has 0 unspecified atom stereocenters. The Morgan fingerprint density at radius 3 is 2.52 bits per heavy atom. The highest BCUT2D eigenvalue weighted by Crippen LogP contribution is 2.26. The molecule has 1 atom stereocenters. The number of halogens is 1. The summed E-state index contributed by atoms with van der Waals surface area (Å²) in [5.74, 6) is -0.668. The average molecular weight is 392 g/mol. The number of likely N-dealkylation sites (tertiary alicyclic amines) is 1. The minimum absolute atomic E-state index is 0.0712. The maximum absolute atomic E-state index is 13.2. The SMILES string of the molecule is Nc1c(C(=O)[C@H]2CCCN(C(=O)c3ccccc3)C2)cnn1-c1ccc(F)cc1. The highest BCUT2D eigenvalue weighted by molar-refractivity contribution is 6.02. The van der Waals surface area contributed by atoms with Gasteiger partial charge in [0.05, 0.1) is 17.4 Å². The van der Waals surface area contributed by atoms with Gasteiger partial charge in [-0.25, -0.2) is 9.07 Å². The molecule has 0 aliphatic carbocycles. The molecule has 1 fully saturated rings. The summed E-state index contributed by atoms with van der Waals surface area (Å²) in [4.78, 5) is 27.5. The minimum Gasteiger partial charge on any atom is -0.383 e. The van der Waals surface area contributed by atoms with Gasteiger partial charge in [0.2, 0.25) is 0 Å². The number of benzene rings is 2. The zero-order chi connectivity index (χ0) is 20.4. The van der Waals surface area contributed by atoms with Crippen LogP contribution in [0.4, 0.5) is 10.2 Å². The molecule has 1 aliphatic heterocycles. The van der Waals surface area contributed by atoms with E-state index < -0.39 is 0 Å². The molecular weight excluding hydrogens is 371 g/mol. The van der Waals surface area contributed by atoms with E-state index in [1.807, 2.05) is 18.2 Å². The number of nitrogens with zero attached hydrogens (tertiary/aromatic N) is 3. The molecule has 1 saturated heterocycles. The van der Waals surface area contributed by atoms with E-state index >= 15 is 0 Å². The Kier molecular flexibility index (Phi) is 5.12. The summed E-state index contributed by atoms with van der Waals surface area (Å²) in [6.45, 7) is 0.982. The van der Waals surface area contributed by atoms with Crippen LogP contribution in [0.3, 0.4) is 0 Å². The van der Waals surface area contributed by atoms with Gasteiger partial charge in [0, 0.05) is 24.6 Å². The lowest BCUT2D eigenvalue weighted by molar-refractivity contribution is 0.0637. The summed E-state index contributed by atoms with van der Waals surface area (Å²) >= 11 is 0. The number of aromatic nitrogens is 2. The second-order valence-corrected chi connectivity index (χ2v) is 7.15. The molecule has 7 heteroatoms. The minimum atomic E-state index is -0.360. The number of nitrogens with two attached hydrogens (primary N) is 1. The Hall–Kier alpha value is -3.48. The van der Waals surface area contributed by atoms with E-state index in [1.165, 1.54) is 23.0 Å². The lowest BCUT2D eigenvalue weighted by atomic mass is 9.90. The third-order valence-electron chi connectivity index (χ3n) is 5.24. The number of carbonyl (C=O) groups excluding carboxylic acids is 2. The number of piperidine rings is 1. The first-order valence-electron chi connectivity index (χ1n) is 9.52. The maximum Gasteiger partial charge on any atom is 0.253 e. The van der Waals surface area contributed by atoms with Crippen LogP contribution in [0, 0.1) is 11.7 Å². The summed E-state index contributed by atoms with van der Waals surface area (Å²) in [5.41, 5.74) is 7.69. The molecule has 2 aromatic carbocycles. The lowest BCUT2D eigenvalue weighted by Gasteiger charge is -2.32. The maximum atomic E-state index is 13.2. The van der Waals surface area contributed by atoms with E-state index in [0.717, 1.165) is 6.42 Å². The number of carbonyl (C=O) groups is 2. The Balaban J connectivity index is 1.52. The molecule has 0 radical (unpaired) electrons. The molecule has 4 rings (SSSR count). The molecule has 3 aromatic rings. The van der Waals surface area contributed by atoms with Crippen LogP contribution in [0.2, 0.25) is 0 Å². The van der Waals surface area contributed by atoms with E-state index in [9.17, 15) is 14.0 Å². The summed E-state index contributed by atoms with van der Waals surface area (Å²) < 4.78 is 14.6. The normalized spacial score (nSPS) is 16.6. The van der Waals surface area contributed by atoms with Crippen molar-refractivity contribution in [3.63, 3.8) is 0 Å². The smallest absolute Gasteiger partial charge is 0.253 e. The van der Waals surface area contributed by atoms with E-state index in [4.69, 9.17) is 5.73 Å². The molecule has 1 aromatic heterocycles. The fourth-order valence-corrected chi connectivity index (χ4v) is 3.69. The molecule has 2 N–H and O–H groups in total. The van der Waals surface area contributed by atoms with Gasteiger partial charge in [0.1, 0.15) is 11.6 Å². The van der Waals surface area contributed by atoms with Crippen molar-refractivity contribution < 1.29 is 14.0 Å². The zero-order valence-corrected chi connectivity index (χ0v) is 15.8. The van der Waals surface area contributed by atoms with Gasteiger partial charge in [0.15, 0.2) is 5.78 Å². The van der Waals surface area contributed by atoms with Crippen molar-refractivity contribution >= 4 is 17.5 Å². The van der Waals surface area contributed by atoms with Crippen LogP contribution in [-0.4, -0.2) is 39.5 Å². The van der Waals surface area contributed by atoms with Crippen molar-refractivity contribution in [2.24, 2.45) is 5.92 Å². The highest BCUT2D eigenvalue weighted by Gasteiger charge is 2.31. The monoisotopic (exact) mass is 392 g/mol. The third-order valence-corrected chi connectivity index (χ3v) is 5.24. The summed E-state index contributed by atoms with van der Waals surface area (Å²) in [7, 11) is 0. The summed E-state index contributed by atoms with van der Waals surface area (Å²) in [6.07, 6.45) is 2.89. The van der Waals surface area contributed by atoms with Crippen LogP contribution < -0.4 is 5.73 Å². The number of amides is 1. The summed E-state index contributed by atoms with van der Waals surface area (Å²) in [5, 5.41) is 4.20. The predicted molar refractivity (Wildman–Crippen MR) is 107 cm³/mol. The first kappa shape index (κ1) is 18.9. The summed E-state index contributed by atoms with van der Waals surface area (Å²) in [6, 6.07) is 14.8. The van der Waals surface area contributed by atoms with Gasteiger partial charge in [-0.3, -0.25) is 9.59 Å². The van der Waals surface area contributed by atoms with Gasteiger partial charge in [-0.05, 0) is 49.2 Å². The number of ketones is 1. The van der Waals surface area contributed by atoms with Crippen LogP contribution in [-0.2, 0) is 0 Å². The highest BCUT2D eigenvalue weighted by atomic mass is 19.1. The quantitative estimate of drug-likeness (QED) is 0.691. The van der Waals surface area contributed by atoms with E-state index in [1.54, 1.807) is 29.2 Å². The molecule has 29 heavy (non-hydrogen) atoms. The number of anilines is 1. The molecule has 6 nitrogen and oxygen atoms in total. The Bertz CT molecular complexity index is 1030. The average Bonchev–Trinajstić information content (AvgIpc) is 3.15. The van der Waals surface area contributed by atoms with Crippen molar-refractivity contribution in [1.29, 1.82) is 0 Å². The largest absolute Gasteiger partial charge is 0.383 e. The third kappa shape index (κ3) is 3.76. The number of Topliss-reactive ketones (excluding diaryl/α,β-unsaturated/α-hetero) is 1. The first-order chi connectivity index (χ1) is 14.0. The van der Waals surface area contributed by atoms with Gasteiger partial charge in [0.25, 0.3) is 5.91 Å². The van der Waals surface area contributed by atoms with Gasteiger partial charge >= 0.3 is 0 Å². The van der Waals surface area contributed by atoms with Crippen molar-refractivity contribution in [2.75, 3.05) is 18.8 Å². The van der Waals surface area contributed by atoms with Gasteiger partial charge in [-0.2, -0.15) is 5.10 Å². The second-order valence-electron chi connectivity index (χ2n) is 7.15. The standard InChI is InChI=1S/C22H21FN4O2/c23-17-8-10-18(11-9-17)27-21(24)19(13-25-27)20(28)16-7-4-12-26(14-16)22(29)15-5-2-1-3-6-15/h1-3,5-6,8-11,13,16H,4,7,12,14,24H2/t16-/m0/s1. The molecular formula is C22H21FN4O2. The van der Waals surface area contributed by atoms with Crippen molar-refractivity contribution in [2.45, 2.75) is 12.8 Å². The van der Waals surface area contributed by atoms with E-state index in [2.05, 4.69) is 5.10 Å². The van der Waals surface area contributed by atoms with Crippen LogP contribution in [0.5, 0.6) is 0 Å². The van der Waals surface area contributed by atoms with Crippen LogP contribution in [0.1, 0.15) is 33.6 Å². The fraction of sp³-hybridized carbons (Fsp3) is 0.227. The van der Waals surface area contributed by atoms with E-state index in [0.29, 0.717) is 36.3 Å². The molecule has 1 aliphatic rings.